The largest absolute Gasteiger partial charge is 0.468 e. The third-order valence-electron chi connectivity index (χ3n) is 15.8. The van der Waals surface area contributed by atoms with Gasteiger partial charge in [0.15, 0.2) is 18.2 Å². The molecular weight excluding hydrogens is 692 g/mol. The van der Waals surface area contributed by atoms with Gasteiger partial charge in [-0.15, -0.1) is 0 Å². The minimum Gasteiger partial charge on any atom is -0.468 e. The van der Waals surface area contributed by atoms with Crippen LogP contribution in [0.5, 0.6) is 0 Å². The Morgan fingerprint density at radius 2 is 1.50 bits per heavy atom. The van der Waals surface area contributed by atoms with E-state index in [1.807, 2.05) is 0 Å². The Bertz CT molecular complexity index is 1580. The molecule has 0 unspecified atom stereocenters. The Kier molecular flexibility index (Phi) is 10.8. The first-order chi connectivity index (χ1) is 25.2. The molecule has 0 spiro atoms. The van der Waals surface area contributed by atoms with E-state index in [9.17, 15) is 24.0 Å². The first-order valence-corrected chi connectivity index (χ1v) is 20.3. The molecule has 0 N–H and O–H groups in total. The number of rotatable bonds is 8. The second kappa shape index (κ2) is 14.3. The van der Waals surface area contributed by atoms with Gasteiger partial charge < -0.3 is 28.4 Å². The van der Waals surface area contributed by atoms with Crippen LogP contribution in [-0.4, -0.2) is 74.1 Å². The summed E-state index contributed by atoms with van der Waals surface area (Å²) in [6.45, 7) is 20.0. The highest BCUT2D eigenvalue weighted by molar-refractivity contribution is 6.05. The molecule has 6 aliphatic rings. The number of allylic oxidation sites excluding steroid dienone is 1. The molecule has 4 saturated carbocycles. The van der Waals surface area contributed by atoms with Gasteiger partial charge in [0.2, 0.25) is 0 Å². The van der Waals surface area contributed by atoms with Crippen molar-refractivity contribution < 1.29 is 52.4 Å². The molecule has 6 rings (SSSR count). The summed E-state index contributed by atoms with van der Waals surface area (Å²) in [7, 11) is 1.46. The fourth-order valence-electron chi connectivity index (χ4n) is 13.4. The van der Waals surface area contributed by atoms with Crippen molar-refractivity contribution in [3.8, 4) is 0 Å². The standard InChI is InChI=1S/C43H64O11/c1-23(2)35-28(47)21-43(38(48)49-11)19-18-41(9)27(36(35)43)12-13-32-40(8)16-15-33(39(6,7)31(40)14-17-42(32,41)10)54-34-20-29(51-25(4)45)37(52-26(5)46)30(53-34)22-50-24(3)44/h23,27,29-34,37H,12-22H2,1-11H3/t27-,29-,30-,31+,32-,33+,34-,37-,40+,41-,42-,43-/m1/s1. The van der Waals surface area contributed by atoms with Crippen LogP contribution in [0.1, 0.15) is 133 Å². The molecule has 12 atom stereocenters. The van der Waals surface area contributed by atoms with E-state index in [4.69, 9.17) is 28.4 Å². The number of ketones is 1. The van der Waals surface area contributed by atoms with E-state index < -0.39 is 47.9 Å². The van der Waals surface area contributed by atoms with Crippen LogP contribution in [0.15, 0.2) is 11.1 Å². The van der Waals surface area contributed by atoms with Crippen LogP contribution in [-0.2, 0) is 52.4 Å². The smallest absolute Gasteiger partial charge is 0.316 e. The van der Waals surface area contributed by atoms with Crippen molar-refractivity contribution >= 4 is 29.7 Å². The topological polar surface area (TPSA) is 141 Å². The average Bonchev–Trinajstić information content (AvgIpc) is 3.39. The maximum absolute atomic E-state index is 13.7. The summed E-state index contributed by atoms with van der Waals surface area (Å²) in [5, 5.41) is 0. The van der Waals surface area contributed by atoms with Crippen LogP contribution in [0, 0.1) is 50.7 Å². The molecule has 54 heavy (non-hydrogen) atoms. The van der Waals surface area contributed by atoms with Gasteiger partial charge in [-0.2, -0.15) is 0 Å². The Labute approximate surface area is 321 Å². The number of esters is 4. The molecule has 0 radical (unpaired) electrons. The number of fused-ring (bicyclic) bond motifs is 7. The Morgan fingerprint density at radius 3 is 2.11 bits per heavy atom. The molecule has 0 bridgehead atoms. The lowest BCUT2D eigenvalue weighted by Crippen LogP contribution is -2.66. The zero-order valence-corrected chi connectivity index (χ0v) is 34.5. The van der Waals surface area contributed by atoms with E-state index in [0.29, 0.717) is 18.3 Å². The third-order valence-corrected chi connectivity index (χ3v) is 15.8. The van der Waals surface area contributed by atoms with Gasteiger partial charge in [0, 0.05) is 33.6 Å². The van der Waals surface area contributed by atoms with Gasteiger partial charge in [-0.1, -0.05) is 48.5 Å². The van der Waals surface area contributed by atoms with Gasteiger partial charge in [-0.3, -0.25) is 24.0 Å². The zero-order valence-electron chi connectivity index (χ0n) is 34.5. The van der Waals surface area contributed by atoms with Gasteiger partial charge in [0.25, 0.3) is 0 Å². The number of hydrogen-bond acceptors (Lipinski definition) is 11. The van der Waals surface area contributed by atoms with E-state index >= 15 is 0 Å². The summed E-state index contributed by atoms with van der Waals surface area (Å²) in [6.07, 6.45) is 4.24. The summed E-state index contributed by atoms with van der Waals surface area (Å²) in [5.41, 5.74) is 0.893. The van der Waals surface area contributed by atoms with E-state index in [0.717, 1.165) is 56.1 Å². The fourth-order valence-corrected chi connectivity index (χ4v) is 13.4. The quantitative estimate of drug-likeness (QED) is 0.143. The van der Waals surface area contributed by atoms with E-state index in [1.165, 1.54) is 27.9 Å². The van der Waals surface area contributed by atoms with Crippen LogP contribution in [0.3, 0.4) is 0 Å². The lowest BCUT2D eigenvalue weighted by molar-refractivity contribution is -0.302. The van der Waals surface area contributed by atoms with Crippen molar-refractivity contribution in [2.75, 3.05) is 13.7 Å². The normalized spacial score (nSPS) is 42.6. The van der Waals surface area contributed by atoms with Crippen molar-refractivity contribution in [3.05, 3.63) is 11.1 Å². The maximum Gasteiger partial charge on any atom is 0.316 e. The Morgan fingerprint density at radius 1 is 0.815 bits per heavy atom. The van der Waals surface area contributed by atoms with Gasteiger partial charge >= 0.3 is 23.9 Å². The molecule has 5 aliphatic carbocycles. The van der Waals surface area contributed by atoms with Crippen molar-refractivity contribution in [2.45, 2.75) is 164 Å². The van der Waals surface area contributed by atoms with Crippen LogP contribution >= 0.6 is 0 Å². The predicted molar refractivity (Wildman–Crippen MR) is 197 cm³/mol. The molecule has 302 valence electrons. The van der Waals surface area contributed by atoms with Crippen LogP contribution in [0.4, 0.5) is 0 Å². The van der Waals surface area contributed by atoms with E-state index in [2.05, 4.69) is 48.5 Å². The van der Waals surface area contributed by atoms with E-state index in [1.54, 1.807) is 0 Å². The highest BCUT2D eigenvalue weighted by atomic mass is 16.7. The monoisotopic (exact) mass is 756 g/mol. The van der Waals surface area contributed by atoms with E-state index in [-0.39, 0.29) is 70.8 Å². The number of hydrogen-bond donors (Lipinski definition) is 0. The Hall–Kier alpha value is -2.79. The third kappa shape index (κ3) is 6.35. The molecule has 1 heterocycles. The summed E-state index contributed by atoms with van der Waals surface area (Å²) >= 11 is 0. The molecule has 11 heteroatoms. The van der Waals surface area contributed by atoms with Gasteiger partial charge in [0.05, 0.1) is 18.6 Å². The molecule has 5 fully saturated rings. The van der Waals surface area contributed by atoms with Crippen LogP contribution in [0.25, 0.3) is 0 Å². The highest BCUT2D eigenvalue weighted by Crippen LogP contribution is 2.77. The minimum absolute atomic E-state index is 0.00728. The fraction of sp³-hybridized carbons (Fsp3) is 0.837. The van der Waals surface area contributed by atoms with Gasteiger partial charge in [-0.05, 0) is 108 Å². The molecule has 0 aromatic heterocycles. The second-order valence-corrected chi connectivity index (χ2v) is 19.1. The van der Waals surface area contributed by atoms with Crippen LogP contribution < -0.4 is 0 Å². The zero-order chi connectivity index (χ0) is 39.8. The first-order valence-electron chi connectivity index (χ1n) is 20.3. The summed E-state index contributed by atoms with van der Waals surface area (Å²) in [4.78, 5) is 63.3. The first kappa shape index (κ1) is 40.9. The summed E-state index contributed by atoms with van der Waals surface area (Å²) in [5.74, 6) is -0.674. The predicted octanol–water partition coefficient (Wildman–Crippen LogP) is 7.07. The number of ether oxygens (including phenoxy) is 6. The lowest BCUT2D eigenvalue weighted by atomic mass is 9.33. The molecule has 1 saturated heterocycles. The van der Waals surface area contributed by atoms with Crippen LogP contribution in [0.2, 0.25) is 0 Å². The van der Waals surface area contributed by atoms with Crippen molar-refractivity contribution in [3.63, 3.8) is 0 Å². The molecule has 11 nitrogen and oxygen atoms in total. The average molecular weight is 757 g/mol. The van der Waals surface area contributed by atoms with Crippen molar-refractivity contribution in [2.24, 2.45) is 50.7 Å². The lowest BCUT2D eigenvalue weighted by Gasteiger charge is -2.72. The number of carbonyl (C=O) groups is 5. The minimum atomic E-state index is -0.951. The van der Waals surface area contributed by atoms with Crippen molar-refractivity contribution in [1.29, 1.82) is 0 Å². The Balaban J connectivity index is 1.26. The number of methoxy groups -OCH3 is 1. The number of carbonyl (C=O) groups excluding carboxylic acids is 5. The maximum atomic E-state index is 13.7. The summed E-state index contributed by atoms with van der Waals surface area (Å²) < 4.78 is 35.2. The summed E-state index contributed by atoms with van der Waals surface area (Å²) in [6, 6.07) is 0. The second-order valence-electron chi connectivity index (χ2n) is 19.1. The van der Waals surface area contributed by atoms with Gasteiger partial charge in [0.1, 0.15) is 18.8 Å². The molecular formula is C43H64O11. The van der Waals surface area contributed by atoms with Gasteiger partial charge in [-0.25, -0.2) is 0 Å². The number of Topliss-reactive ketones (excluding diaryl/α,β-unsaturated/α-hetero) is 1. The SMILES string of the molecule is COC(=O)[C@@]12CC[C@]3(C)[C@H](CC[C@@H]4[C@@]5(C)CC[C@H](O[C@@H]6C[C@@H](OC(C)=O)[C@@H](OC(C)=O)[C@@H](COC(C)=O)O6)C(C)(C)[C@@H]5CC[C@]43C)C1=C(C(C)C)C(=O)C2. The molecule has 0 aromatic rings. The molecule has 0 aromatic carbocycles. The molecule has 0 amide bonds. The van der Waals surface area contributed by atoms with Crippen molar-refractivity contribution in [1.82, 2.24) is 0 Å². The highest BCUT2D eigenvalue weighted by Gasteiger charge is 2.71. The molecule has 1 aliphatic heterocycles.